The second-order valence-corrected chi connectivity index (χ2v) is 9.18. The van der Waals surface area contributed by atoms with E-state index in [1.165, 1.54) is 7.11 Å². The number of methoxy groups -OCH3 is 1. The Morgan fingerprint density at radius 1 is 1.19 bits per heavy atom. The van der Waals surface area contributed by atoms with Crippen LogP contribution in [0, 0.1) is 0 Å². The summed E-state index contributed by atoms with van der Waals surface area (Å²) in [5.74, 6) is 0.120. The summed E-state index contributed by atoms with van der Waals surface area (Å²) in [6.45, 7) is 4.83. The lowest BCUT2D eigenvalue weighted by Crippen LogP contribution is -2.47. The first-order valence-electron chi connectivity index (χ1n) is 10.2. The predicted molar refractivity (Wildman–Crippen MR) is 122 cm³/mol. The van der Waals surface area contributed by atoms with E-state index in [0.29, 0.717) is 36.8 Å². The van der Waals surface area contributed by atoms with Crippen molar-refractivity contribution in [2.24, 2.45) is 0 Å². The number of rotatable bonds is 8. The highest BCUT2D eigenvalue weighted by atomic mass is 32.2. The Bertz CT molecular complexity index is 988. The van der Waals surface area contributed by atoms with Crippen molar-refractivity contribution in [2.45, 2.75) is 19.4 Å². The molecule has 1 heterocycles. The van der Waals surface area contributed by atoms with Gasteiger partial charge in [0.15, 0.2) is 0 Å². The number of nitrogens with zero attached hydrogens (tertiary/aromatic N) is 2. The molecular weight excluding hydrogens is 418 g/mol. The van der Waals surface area contributed by atoms with Crippen molar-refractivity contribution < 1.29 is 22.7 Å². The van der Waals surface area contributed by atoms with Crippen LogP contribution in [0.15, 0.2) is 48.5 Å². The number of sulfonamides is 1. The first kappa shape index (κ1) is 22.9. The standard InChI is InChI=1S/C22H29N3O5S/c1-4-21(25(31(3,27)28)19-6-5-7-20(16-19)29-2)22(26)23-17-8-10-18(11-9-17)24-12-14-30-15-13-24/h5-11,16,21H,4,12-15H2,1-3H3,(H,23,26)/t21-/m0/s1. The number of carbonyl (C=O) groups excluding carboxylic acids is 1. The minimum absolute atomic E-state index is 0.308. The van der Waals surface area contributed by atoms with Gasteiger partial charge in [0.25, 0.3) is 0 Å². The van der Waals surface area contributed by atoms with Gasteiger partial charge in [0.2, 0.25) is 15.9 Å². The van der Waals surface area contributed by atoms with Gasteiger partial charge in [0.1, 0.15) is 11.8 Å². The van der Waals surface area contributed by atoms with E-state index < -0.39 is 22.0 Å². The van der Waals surface area contributed by atoms with E-state index in [9.17, 15) is 13.2 Å². The van der Waals surface area contributed by atoms with Crippen molar-refractivity contribution in [1.29, 1.82) is 0 Å². The van der Waals surface area contributed by atoms with E-state index in [2.05, 4.69) is 10.2 Å². The van der Waals surface area contributed by atoms with Crippen molar-refractivity contribution in [2.75, 3.05) is 54.2 Å². The van der Waals surface area contributed by atoms with Crippen molar-refractivity contribution in [3.05, 3.63) is 48.5 Å². The summed E-state index contributed by atoms with van der Waals surface area (Å²) in [6.07, 6.45) is 1.40. The van der Waals surface area contributed by atoms with Gasteiger partial charge >= 0.3 is 0 Å². The van der Waals surface area contributed by atoms with Gasteiger partial charge in [-0.3, -0.25) is 9.10 Å². The van der Waals surface area contributed by atoms with Crippen LogP contribution in [0.4, 0.5) is 17.1 Å². The molecule has 0 aromatic heterocycles. The van der Waals surface area contributed by atoms with Gasteiger partial charge in [-0.05, 0) is 42.8 Å². The van der Waals surface area contributed by atoms with Crippen LogP contribution in [0.5, 0.6) is 5.75 Å². The van der Waals surface area contributed by atoms with E-state index in [-0.39, 0.29) is 0 Å². The molecule has 0 saturated carbocycles. The maximum Gasteiger partial charge on any atom is 0.248 e. The number of ether oxygens (including phenoxy) is 2. The molecule has 3 rings (SSSR count). The number of carbonyl (C=O) groups is 1. The van der Waals surface area contributed by atoms with Crippen molar-refractivity contribution >= 4 is 33.0 Å². The average molecular weight is 448 g/mol. The molecule has 1 amide bonds. The van der Waals surface area contributed by atoms with Crippen molar-refractivity contribution in [3.63, 3.8) is 0 Å². The van der Waals surface area contributed by atoms with E-state index in [1.807, 2.05) is 24.3 Å². The second-order valence-electron chi connectivity index (χ2n) is 7.32. The molecule has 0 bridgehead atoms. The molecule has 1 saturated heterocycles. The molecule has 1 aliphatic heterocycles. The smallest absolute Gasteiger partial charge is 0.248 e. The molecule has 0 spiro atoms. The summed E-state index contributed by atoms with van der Waals surface area (Å²) in [7, 11) is -2.21. The topological polar surface area (TPSA) is 88.2 Å². The van der Waals surface area contributed by atoms with Gasteiger partial charge in [-0.1, -0.05) is 13.0 Å². The Labute approximate surface area is 183 Å². The van der Waals surface area contributed by atoms with Gasteiger partial charge in [-0.25, -0.2) is 8.42 Å². The fourth-order valence-corrected chi connectivity index (χ4v) is 4.81. The highest BCUT2D eigenvalue weighted by molar-refractivity contribution is 7.92. The molecule has 1 aliphatic rings. The predicted octanol–water partition coefficient (Wildman–Crippen LogP) is 2.72. The summed E-state index contributed by atoms with van der Waals surface area (Å²) >= 11 is 0. The zero-order chi connectivity index (χ0) is 22.4. The molecule has 168 valence electrons. The number of nitrogens with one attached hydrogen (secondary N) is 1. The zero-order valence-corrected chi connectivity index (χ0v) is 18.9. The third-order valence-corrected chi connectivity index (χ3v) is 6.33. The highest BCUT2D eigenvalue weighted by Crippen LogP contribution is 2.27. The number of amides is 1. The van der Waals surface area contributed by atoms with E-state index in [4.69, 9.17) is 9.47 Å². The molecular formula is C22H29N3O5S. The summed E-state index contributed by atoms with van der Waals surface area (Å²) in [5.41, 5.74) is 2.05. The fraction of sp³-hybridized carbons (Fsp3) is 0.409. The van der Waals surface area contributed by atoms with Gasteiger partial charge in [0, 0.05) is 30.5 Å². The summed E-state index contributed by atoms with van der Waals surface area (Å²) in [4.78, 5) is 15.3. The summed E-state index contributed by atoms with van der Waals surface area (Å²) < 4.78 is 36.9. The van der Waals surface area contributed by atoms with Crippen LogP contribution < -0.4 is 19.3 Å². The Balaban J connectivity index is 1.80. The van der Waals surface area contributed by atoms with Crippen molar-refractivity contribution in [1.82, 2.24) is 0 Å². The molecule has 0 aliphatic carbocycles. The number of morpholine rings is 1. The lowest BCUT2D eigenvalue weighted by Gasteiger charge is -2.30. The molecule has 1 fully saturated rings. The molecule has 8 nitrogen and oxygen atoms in total. The molecule has 2 aromatic carbocycles. The second kappa shape index (κ2) is 10.0. The molecule has 1 atom stereocenters. The van der Waals surface area contributed by atoms with Gasteiger partial charge < -0.3 is 19.7 Å². The van der Waals surface area contributed by atoms with Crippen LogP contribution in [0.3, 0.4) is 0 Å². The zero-order valence-electron chi connectivity index (χ0n) is 18.1. The van der Waals surface area contributed by atoms with Gasteiger partial charge in [-0.2, -0.15) is 0 Å². The van der Waals surface area contributed by atoms with E-state index >= 15 is 0 Å². The minimum atomic E-state index is -3.71. The maximum absolute atomic E-state index is 13.1. The SMILES string of the molecule is CC[C@@H](C(=O)Nc1ccc(N2CCOCC2)cc1)N(c1cccc(OC)c1)S(C)(=O)=O. The Morgan fingerprint density at radius 2 is 1.87 bits per heavy atom. The first-order chi connectivity index (χ1) is 14.8. The Morgan fingerprint density at radius 3 is 2.45 bits per heavy atom. The molecule has 2 aromatic rings. The van der Waals surface area contributed by atoms with Crippen LogP contribution in [-0.4, -0.2) is 60.0 Å². The van der Waals surface area contributed by atoms with Gasteiger partial charge in [0.05, 0.1) is 32.3 Å². The van der Waals surface area contributed by atoms with Crippen LogP contribution in [0.2, 0.25) is 0 Å². The average Bonchev–Trinajstić information content (AvgIpc) is 2.77. The molecule has 9 heteroatoms. The summed E-state index contributed by atoms with van der Waals surface area (Å²) in [5, 5.41) is 2.85. The maximum atomic E-state index is 13.1. The largest absolute Gasteiger partial charge is 0.497 e. The monoisotopic (exact) mass is 447 g/mol. The fourth-order valence-electron chi connectivity index (χ4n) is 3.61. The molecule has 31 heavy (non-hydrogen) atoms. The Hall–Kier alpha value is -2.78. The quantitative estimate of drug-likeness (QED) is 0.670. The van der Waals surface area contributed by atoms with Crippen LogP contribution in [-0.2, 0) is 19.6 Å². The Kier molecular flexibility index (Phi) is 7.40. The van der Waals surface area contributed by atoms with Crippen LogP contribution in [0.25, 0.3) is 0 Å². The molecule has 0 unspecified atom stereocenters. The summed E-state index contributed by atoms with van der Waals surface area (Å²) in [6, 6.07) is 13.3. The molecule has 0 radical (unpaired) electrons. The van der Waals surface area contributed by atoms with Crippen LogP contribution >= 0.6 is 0 Å². The van der Waals surface area contributed by atoms with E-state index in [0.717, 1.165) is 29.3 Å². The van der Waals surface area contributed by atoms with E-state index in [1.54, 1.807) is 31.2 Å². The van der Waals surface area contributed by atoms with Gasteiger partial charge in [-0.15, -0.1) is 0 Å². The molecule has 1 N–H and O–H groups in total. The number of benzene rings is 2. The number of hydrogen-bond donors (Lipinski definition) is 1. The third kappa shape index (κ3) is 5.68. The highest BCUT2D eigenvalue weighted by Gasteiger charge is 2.31. The lowest BCUT2D eigenvalue weighted by molar-refractivity contribution is -0.117. The lowest BCUT2D eigenvalue weighted by atomic mass is 10.1. The third-order valence-electron chi connectivity index (χ3n) is 5.15. The minimum Gasteiger partial charge on any atom is -0.497 e. The number of hydrogen-bond acceptors (Lipinski definition) is 6. The first-order valence-corrected chi connectivity index (χ1v) is 12.1. The van der Waals surface area contributed by atoms with Crippen molar-refractivity contribution in [3.8, 4) is 5.75 Å². The van der Waals surface area contributed by atoms with Crippen LogP contribution in [0.1, 0.15) is 13.3 Å². The normalized spacial score (nSPS) is 15.3. The number of anilines is 3.